The van der Waals surface area contributed by atoms with Gasteiger partial charge in [0.05, 0.1) is 23.6 Å². The first-order chi connectivity index (χ1) is 14.0. The number of nitrogens with one attached hydrogen (secondary N) is 2. The van der Waals surface area contributed by atoms with Crippen molar-refractivity contribution in [1.29, 1.82) is 0 Å². The number of carbonyl (C=O) groups excluding carboxylic acids is 2. The number of rotatable bonds is 4. The van der Waals surface area contributed by atoms with Gasteiger partial charge in [-0.25, -0.2) is 9.18 Å². The molecule has 3 aromatic rings. The van der Waals surface area contributed by atoms with Crippen LogP contribution in [0.15, 0.2) is 51.8 Å². The normalized spacial score (nSPS) is 16.1. The monoisotopic (exact) mass is 413 g/mol. The third-order valence-corrected chi connectivity index (χ3v) is 5.71. The maximum absolute atomic E-state index is 14.2. The Labute approximate surface area is 171 Å². The van der Waals surface area contributed by atoms with Crippen LogP contribution in [0.2, 0.25) is 0 Å². The molecule has 4 rings (SSSR count). The van der Waals surface area contributed by atoms with Gasteiger partial charge >= 0.3 is 6.03 Å². The van der Waals surface area contributed by atoms with Gasteiger partial charge in [0.1, 0.15) is 11.6 Å². The molecule has 29 heavy (non-hydrogen) atoms. The van der Waals surface area contributed by atoms with Gasteiger partial charge in [-0.15, -0.1) is 0 Å². The smallest absolute Gasteiger partial charge is 0.322 e. The molecule has 3 heterocycles. The predicted molar refractivity (Wildman–Crippen MR) is 110 cm³/mol. The fourth-order valence-electron chi connectivity index (χ4n) is 3.53. The van der Waals surface area contributed by atoms with Gasteiger partial charge in [-0.05, 0) is 66.4 Å². The van der Waals surface area contributed by atoms with E-state index in [4.69, 9.17) is 4.42 Å². The van der Waals surface area contributed by atoms with Crippen molar-refractivity contribution < 1.29 is 18.4 Å². The van der Waals surface area contributed by atoms with E-state index in [0.29, 0.717) is 23.6 Å². The van der Waals surface area contributed by atoms with Crippen LogP contribution in [0.4, 0.5) is 20.6 Å². The van der Waals surface area contributed by atoms with Gasteiger partial charge in [0.2, 0.25) is 0 Å². The molecule has 1 saturated heterocycles. The number of nitrogens with zero attached hydrogens (tertiary/aromatic N) is 1. The Morgan fingerprint density at radius 1 is 1.24 bits per heavy atom. The number of likely N-dealkylation sites (tertiary alicyclic amines) is 1. The number of anilines is 2. The second-order valence-electron chi connectivity index (χ2n) is 6.88. The summed E-state index contributed by atoms with van der Waals surface area (Å²) in [4.78, 5) is 26.9. The van der Waals surface area contributed by atoms with Crippen molar-refractivity contribution in [2.24, 2.45) is 0 Å². The summed E-state index contributed by atoms with van der Waals surface area (Å²) in [5.74, 6) is -0.619. The third kappa shape index (κ3) is 4.02. The van der Waals surface area contributed by atoms with E-state index in [2.05, 4.69) is 16.0 Å². The molecule has 1 fully saturated rings. The van der Waals surface area contributed by atoms with Gasteiger partial charge in [-0.3, -0.25) is 4.79 Å². The third-order valence-electron chi connectivity index (χ3n) is 5.01. The Balaban J connectivity index is 1.48. The van der Waals surface area contributed by atoms with Crippen LogP contribution >= 0.6 is 11.3 Å². The summed E-state index contributed by atoms with van der Waals surface area (Å²) >= 11 is 1.61. The van der Waals surface area contributed by atoms with Crippen LogP contribution in [-0.4, -0.2) is 23.4 Å². The molecule has 8 heteroatoms. The average molecular weight is 413 g/mol. The van der Waals surface area contributed by atoms with Crippen LogP contribution in [0.5, 0.6) is 0 Å². The molecule has 1 aliphatic heterocycles. The molecule has 0 radical (unpaired) electrons. The van der Waals surface area contributed by atoms with Gasteiger partial charge in [0, 0.05) is 12.2 Å². The van der Waals surface area contributed by atoms with Gasteiger partial charge in [-0.1, -0.05) is 0 Å². The molecule has 6 nitrogen and oxygen atoms in total. The van der Waals surface area contributed by atoms with Crippen molar-refractivity contribution in [2.75, 3.05) is 17.2 Å². The molecule has 0 spiro atoms. The number of benzene rings is 1. The second-order valence-corrected chi connectivity index (χ2v) is 7.66. The van der Waals surface area contributed by atoms with Gasteiger partial charge in [-0.2, -0.15) is 11.3 Å². The standard InChI is InChI=1S/C21H20FN3O3S/c1-13-16(6-9-28-13)20(26)24-18-11-15(4-5-17(18)22)23-21(27)25-8-2-3-19(25)14-7-10-29-12-14/h4-7,9-12,19H,2-3,8H2,1H3,(H,23,27)(H,24,26)/t19-/m1/s1. The van der Waals surface area contributed by atoms with Crippen molar-refractivity contribution in [2.45, 2.75) is 25.8 Å². The number of hydrogen-bond donors (Lipinski definition) is 2. The molecular formula is C21H20FN3O3S. The van der Waals surface area contributed by atoms with Crippen LogP contribution in [-0.2, 0) is 0 Å². The highest BCUT2D eigenvalue weighted by atomic mass is 32.1. The lowest BCUT2D eigenvalue weighted by Crippen LogP contribution is -2.34. The van der Waals surface area contributed by atoms with Crippen LogP contribution < -0.4 is 10.6 Å². The van der Waals surface area contributed by atoms with Crippen molar-refractivity contribution in [3.8, 4) is 0 Å². The molecule has 0 saturated carbocycles. The zero-order chi connectivity index (χ0) is 20.4. The molecule has 2 N–H and O–H groups in total. The first-order valence-electron chi connectivity index (χ1n) is 9.27. The molecule has 2 aromatic heterocycles. The fraction of sp³-hybridized carbons (Fsp3) is 0.238. The van der Waals surface area contributed by atoms with Gasteiger partial charge in [0.15, 0.2) is 0 Å². The minimum absolute atomic E-state index is 0.00999. The average Bonchev–Trinajstić information content (AvgIpc) is 3.44. The number of urea groups is 1. The van der Waals surface area contributed by atoms with E-state index in [1.54, 1.807) is 23.2 Å². The number of hydrogen-bond acceptors (Lipinski definition) is 4. The minimum atomic E-state index is -0.588. The number of aryl methyl sites for hydroxylation is 1. The first kappa shape index (κ1) is 19.2. The Bertz CT molecular complexity index is 1030. The second kappa shape index (κ2) is 8.08. The highest BCUT2D eigenvalue weighted by Gasteiger charge is 2.30. The Hall–Kier alpha value is -3.13. The Kier molecular flexibility index (Phi) is 5.35. The van der Waals surface area contributed by atoms with Crippen molar-refractivity contribution in [1.82, 2.24) is 4.90 Å². The summed E-state index contributed by atoms with van der Waals surface area (Å²) in [6, 6.07) is 7.46. The summed E-state index contributed by atoms with van der Waals surface area (Å²) in [5.41, 5.74) is 1.86. The van der Waals surface area contributed by atoms with Crippen LogP contribution in [0.25, 0.3) is 0 Å². The van der Waals surface area contributed by atoms with Crippen LogP contribution in [0.1, 0.15) is 40.6 Å². The summed E-state index contributed by atoms with van der Waals surface area (Å²) in [6.07, 6.45) is 3.25. The molecule has 150 valence electrons. The van der Waals surface area contributed by atoms with E-state index in [9.17, 15) is 14.0 Å². The maximum atomic E-state index is 14.2. The van der Waals surface area contributed by atoms with Crippen molar-refractivity contribution >= 4 is 34.6 Å². The molecule has 0 unspecified atom stereocenters. The number of thiophene rings is 1. The Morgan fingerprint density at radius 2 is 2.10 bits per heavy atom. The minimum Gasteiger partial charge on any atom is -0.469 e. The van der Waals surface area contributed by atoms with Crippen LogP contribution in [0, 0.1) is 12.7 Å². The molecule has 1 atom stereocenters. The Morgan fingerprint density at radius 3 is 2.83 bits per heavy atom. The fourth-order valence-corrected chi connectivity index (χ4v) is 4.23. The summed E-state index contributed by atoms with van der Waals surface area (Å²) in [5, 5.41) is 9.40. The lowest BCUT2D eigenvalue weighted by Gasteiger charge is -2.24. The summed E-state index contributed by atoms with van der Waals surface area (Å²) < 4.78 is 19.3. The molecule has 0 bridgehead atoms. The number of halogens is 1. The zero-order valence-electron chi connectivity index (χ0n) is 15.8. The van der Waals surface area contributed by atoms with Crippen molar-refractivity contribution in [3.63, 3.8) is 0 Å². The highest BCUT2D eigenvalue weighted by molar-refractivity contribution is 7.08. The molecule has 3 amide bonds. The summed E-state index contributed by atoms with van der Waals surface area (Å²) in [6.45, 7) is 2.32. The lowest BCUT2D eigenvalue weighted by molar-refractivity contribution is 0.102. The van der Waals surface area contributed by atoms with Gasteiger partial charge in [0.25, 0.3) is 5.91 Å². The highest BCUT2D eigenvalue weighted by Crippen LogP contribution is 2.33. The number of furan rings is 1. The molecule has 1 aliphatic rings. The molecule has 0 aliphatic carbocycles. The topological polar surface area (TPSA) is 74.6 Å². The largest absolute Gasteiger partial charge is 0.469 e. The zero-order valence-corrected chi connectivity index (χ0v) is 16.6. The maximum Gasteiger partial charge on any atom is 0.322 e. The van der Waals surface area contributed by atoms with E-state index >= 15 is 0 Å². The molecule has 1 aromatic carbocycles. The predicted octanol–water partition coefficient (Wildman–Crippen LogP) is 5.41. The number of amides is 3. The van der Waals surface area contributed by atoms with E-state index in [1.165, 1.54) is 30.5 Å². The van der Waals surface area contributed by atoms with E-state index < -0.39 is 11.7 Å². The first-order valence-corrected chi connectivity index (χ1v) is 10.2. The van der Waals surface area contributed by atoms with E-state index in [-0.39, 0.29) is 17.8 Å². The van der Waals surface area contributed by atoms with E-state index in [1.807, 2.05) is 11.4 Å². The van der Waals surface area contributed by atoms with Crippen LogP contribution in [0.3, 0.4) is 0 Å². The van der Waals surface area contributed by atoms with E-state index in [0.717, 1.165) is 18.4 Å². The summed E-state index contributed by atoms with van der Waals surface area (Å²) in [7, 11) is 0. The SMILES string of the molecule is Cc1occc1C(=O)Nc1cc(NC(=O)N2CCC[C@@H]2c2ccsc2)ccc1F. The molecular weight excluding hydrogens is 393 g/mol. The quantitative estimate of drug-likeness (QED) is 0.601. The van der Waals surface area contributed by atoms with Gasteiger partial charge < -0.3 is 20.0 Å². The van der Waals surface area contributed by atoms with Crippen molar-refractivity contribution in [3.05, 3.63) is 70.1 Å². The lowest BCUT2D eigenvalue weighted by atomic mass is 10.1. The number of carbonyl (C=O) groups is 2.